The number of hydrogen-bond acceptors (Lipinski definition) is 5. The first-order valence-corrected chi connectivity index (χ1v) is 6.63. The highest BCUT2D eigenvalue weighted by atomic mass is 32.2. The fourth-order valence-electron chi connectivity index (χ4n) is 1.06. The van der Waals surface area contributed by atoms with Gasteiger partial charge in [-0.05, 0) is 6.92 Å². The molecular weight excluding hydrogens is 246 g/mol. The van der Waals surface area contributed by atoms with Crippen LogP contribution < -0.4 is 5.73 Å². The van der Waals surface area contributed by atoms with Crippen molar-refractivity contribution in [2.45, 2.75) is 19.4 Å². The summed E-state index contributed by atoms with van der Waals surface area (Å²) >= 11 is 0. The van der Waals surface area contributed by atoms with Crippen LogP contribution in [-0.2, 0) is 19.7 Å². The van der Waals surface area contributed by atoms with Crippen LogP contribution in [0.3, 0.4) is 0 Å². The van der Waals surface area contributed by atoms with Crippen LogP contribution in [0.4, 0.5) is 0 Å². The molecule has 0 amide bonds. The Labute approximate surface area is 103 Å². The molecule has 0 aliphatic carbocycles. The van der Waals surface area contributed by atoms with Crippen LogP contribution >= 0.6 is 0 Å². The average molecular weight is 267 g/mol. The van der Waals surface area contributed by atoms with Gasteiger partial charge in [-0.3, -0.25) is 4.79 Å². The van der Waals surface area contributed by atoms with Crippen molar-refractivity contribution >= 4 is 16.2 Å². The van der Waals surface area contributed by atoms with Crippen molar-refractivity contribution in [1.29, 1.82) is 0 Å². The fraction of sp³-hybridized carbons (Fsp3) is 0.889. The van der Waals surface area contributed by atoms with Gasteiger partial charge in [0.2, 0.25) is 0 Å². The second-order valence-corrected chi connectivity index (χ2v) is 5.85. The number of methoxy groups -OCH3 is 1. The average Bonchev–Trinajstić information content (AvgIpc) is 2.32. The van der Waals surface area contributed by atoms with Crippen LogP contribution in [-0.4, -0.2) is 63.3 Å². The van der Waals surface area contributed by atoms with Gasteiger partial charge in [0.15, 0.2) is 0 Å². The van der Waals surface area contributed by atoms with E-state index < -0.39 is 16.2 Å². The minimum absolute atomic E-state index is 0.0249. The number of nitrogens with zero attached hydrogens (tertiary/aromatic N) is 2. The lowest BCUT2D eigenvalue weighted by molar-refractivity contribution is -0.140. The molecule has 7 nitrogen and oxygen atoms in total. The van der Waals surface area contributed by atoms with Crippen molar-refractivity contribution in [2.75, 3.05) is 34.3 Å². The molecule has 0 aromatic carbocycles. The molecule has 0 heterocycles. The summed E-state index contributed by atoms with van der Waals surface area (Å²) in [7, 11) is 0.563. The number of likely N-dealkylation sites (N-methyl/N-ethyl adjacent to an activating group) is 1. The lowest BCUT2D eigenvalue weighted by Crippen LogP contribution is -2.46. The second kappa shape index (κ2) is 6.90. The molecule has 2 N–H and O–H groups in total. The van der Waals surface area contributed by atoms with E-state index in [1.807, 2.05) is 0 Å². The van der Waals surface area contributed by atoms with Crippen molar-refractivity contribution in [3.05, 3.63) is 0 Å². The summed E-state index contributed by atoms with van der Waals surface area (Å²) in [6.07, 6.45) is 0.0249. The second-order valence-electron chi connectivity index (χ2n) is 3.76. The van der Waals surface area contributed by atoms with Crippen molar-refractivity contribution in [1.82, 2.24) is 8.61 Å². The van der Waals surface area contributed by atoms with Crippen molar-refractivity contribution < 1.29 is 17.9 Å². The Balaban J connectivity index is 4.55. The van der Waals surface area contributed by atoms with Gasteiger partial charge in [-0.25, -0.2) is 0 Å². The normalized spacial score (nSPS) is 14.1. The van der Waals surface area contributed by atoms with Crippen LogP contribution in [0.5, 0.6) is 0 Å². The third kappa shape index (κ3) is 4.58. The standard InChI is InChI=1S/C9H21N3O4S/c1-8(7-10)12(3)17(14,15)11(2)6-5-9(13)16-4/h8H,5-7,10H2,1-4H3. The summed E-state index contributed by atoms with van der Waals surface area (Å²) < 4.78 is 30.7. The molecule has 0 saturated heterocycles. The lowest BCUT2D eigenvalue weighted by atomic mass is 10.4. The molecule has 0 spiro atoms. The summed E-state index contributed by atoms with van der Waals surface area (Å²) in [6, 6.07) is -0.291. The molecule has 0 bridgehead atoms. The maximum atomic E-state index is 12.0. The van der Waals surface area contributed by atoms with Crippen LogP contribution in [0.25, 0.3) is 0 Å². The Morgan fingerprint density at radius 1 is 1.41 bits per heavy atom. The number of carbonyl (C=O) groups excluding carboxylic acids is 1. The van der Waals surface area contributed by atoms with E-state index in [0.717, 1.165) is 4.31 Å². The van der Waals surface area contributed by atoms with E-state index in [-0.39, 0.29) is 25.6 Å². The van der Waals surface area contributed by atoms with Gasteiger partial charge in [0, 0.05) is 33.2 Å². The van der Waals surface area contributed by atoms with Gasteiger partial charge in [-0.15, -0.1) is 0 Å². The SMILES string of the molecule is COC(=O)CCN(C)S(=O)(=O)N(C)C(C)CN. The predicted octanol–water partition coefficient (Wildman–Crippen LogP) is -0.995. The molecule has 1 unspecified atom stereocenters. The van der Waals surface area contributed by atoms with Gasteiger partial charge in [0.05, 0.1) is 13.5 Å². The molecule has 0 fully saturated rings. The fourth-order valence-corrected chi connectivity index (χ4v) is 2.36. The van der Waals surface area contributed by atoms with E-state index in [1.54, 1.807) is 6.92 Å². The smallest absolute Gasteiger partial charge is 0.306 e. The molecular formula is C9H21N3O4S. The van der Waals surface area contributed by atoms with Crippen molar-refractivity contribution in [2.24, 2.45) is 5.73 Å². The first-order valence-electron chi connectivity index (χ1n) is 5.23. The minimum atomic E-state index is -3.58. The molecule has 0 rings (SSSR count). The quantitative estimate of drug-likeness (QED) is 0.598. The molecule has 0 aromatic heterocycles. The topological polar surface area (TPSA) is 92.9 Å². The van der Waals surface area contributed by atoms with Gasteiger partial charge in [-0.1, -0.05) is 0 Å². The number of hydrogen-bond donors (Lipinski definition) is 1. The zero-order valence-corrected chi connectivity index (χ0v) is 11.5. The Kier molecular flexibility index (Phi) is 6.61. The van der Waals surface area contributed by atoms with Gasteiger partial charge in [0.25, 0.3) is 10.2 Å². The number of carbonyl (C=O) groups is 1. The number of rotatable bonds is 7. The van der Waals surface area contributed by atoms with Crippen LogP contribution in [0.15, 0.2) is 0 Å². The predicted molar refractivity (Wildman–Crippen MR) is 64.5 cm³/mol. The largest absolute Gasteiger partial charge is 0.469 e. The lowest BCUT2D eigenvalue weighted by Gasteiger charge is -2.27. The number of ether oxygens (including phenoxy) is 1. The molecule has 0 aliphatic heterocycles. The zero-order valence-electron chi connectivity index (χ0n) is 10.7. The van der Waals surface area contributed by atoms with E-state index in [1.165, 1.54) is 25.5 Å². The van der Waals surface area contributed by atoms with E-state index in [9.17, 15) is 13.2 Å². The van der Waals surface area contributed by atoms with Crippen LogP contribution in [0, 0.1) is 0 Å². The monoisotopic (exact) mass is 267 g/mol. The van der Waals surface area contributed by atoms with Crippen molar-refractivity contribution in [3.63, 3.8) is 0 Å². The first-order chi connectivity index (χ1) is 7.77. The first kappa shape index (κ1) is 16.3. The molecule has 17 heavy (non-hydrogen) atoms. The molecule has 1 atom stereocenters. The van der Waals surface area contributed by atoms with Gasteiger partial charge < -0.3 is 10.5 Å². The molecule has 0 aromatic rings. The summed E-state index contributed by atoms with van der Waals surface area (Å²) in [4.78, 5) is 10.9. The Morgan fingerprint density at radius 3 is 2.35 bits per heavy atom. The van der Waals surface area contributed by atoms with Gasteiger partial charge in [0.1, 0.15) is 0 Å². The molecule has 0 aliphatic rings. The minimum Gasteiger partial charge on any atom is -0.469 e. The number of nitrogens with two attached hydrogens (primary N) is 1. The maximum Gasteiger partial charge on any atom is 0.306 e. The van der Waals surface area contributed by atoms with Gasteiger partial charge in [-0.2, -0.15) is 17.0 Å². The molecule has 8 heteroatoms. The summed E-state index contributed by atoms with van der Waals surface area (Å²) in [6.45, 7) is 2.03. The molecule has 0 radical (unpaired) electrons. The summed E-state index contributed by atoms with van der Waals surface area (Å²) in [5.41, 5.74) is 5.41. The van der Waals surface area contributed by atoms with E-state index in [0.29, 0.717) is 0 Å². The Hall–Kier alpha value is -0.700. The summed E-state index contributed by atoms with van der Waals surface area (Å²) in [5.74, 6) is -0.443. The van der Waals surface area contributed by atoms with Gasteiger partial charge >= 0.3 is 5.97 Å². The highest BCUT2D eigenvalue weighted by Gasteiger charge is 2.27. The highest BCUT2D eigenvalue weighted by Crippen LogP contribution is 2.08. The summed E-state index contributed by atoms with van der Waals surface area (Å²) in [5, 5.41) is 0. The van der Waals surface area contributed by atoms with Crippen LogP contribution in [0.2, 0.25) is 0 Å². The Morgan fingerprint density at radius 2 is 1.94 bits per heavy atom. The van der Waals surface area contributed by atoms with Crippen LogP contribution in [0.1, 0.15) is 13.3 Å². The van der Waals surface area contributed by atoms with Crippen molar-refractivity contribution in [3.8, 4) is 0 Å². The van der Waals surface area contributed by atoms with E-state index in [4.69, 9.17) is 5.73 Å². The molecule has 0 saturated carbocycles. The molecule has 102 valence electrons. The van der Waals surface area contributed by atoms with E-state index >= 15 is 0 Å². The maximum absolute atomic E-state index is 12.0. The zero-order chi connectivity index (χ0) is 13.6. The third-order valence-electron chi connectivity index (χ3n) is 2.58. The number of esters is 1. The third-order valence-corrected chi connectivity index (χ3v) is 4.64. The van der Waals surface area contributed by atoms with E-state index in [2.05, 4.69) is 4.74 Å². The highest BCUT2D eigenvalue weighted by molar-refractivity contribution is 7.86. The Bertz CT molecular complexity index is 344.